The minimum absolute atomic E-state index is 0.145. The Hall–Kier alpha value is -1.46. The van der Waals surface area contributed by atoms with Gasteiger partial charge in [0.2, 0.25) is 0 Å². The summed E-state index contributed by atoms with van der Waals surface area (Å²) in [5, 5.41) is 21.3. The molecule has 1 aromatic heterocycles. The van der Waals surface area contributed by atoms with Crippen molar-refractivity contribution in [3.05, 3.63) is 5.82 Å². The minimum Gasteiger partial charge on any atom is -0.481 e. The van der Waals surface area contributed by atoms with Crippen molar-refractivity contribution in [1.29, 1.82) is 0 Å². The Labute approximate surface area is 113 Å². The van der Waals surface area contributed by atoms with Crippen LogP contribution in [0.1, 0.15) is 44.9 Å². The van der Waals surface area contributed by atoms with Crippen molar-refractivity contribution >= 4 is 5.97 Å². The Balaban J connectivity index is 2.04. The molecule has 0 aromatic carbocycles. The Morgan fingerprint density at radius 3 is 2.84 bits per heavy atom. The van der Waals surface area contributed by atoms with Crippen molar-refractivity contribution in [3.63, 3.8) is 0 Å². The second kappa shape index (κ2) is 6.12. The maximum absolute atomic E-state index is 11.4. The first-order valence-electron chi connectivity index (χ1n) is 7.05. The summed E-state index contributed by atoms with van der Waals surface area (Å²) in [4.78, 5) is 12.8. The number of carbonyl (C=O) groups is 1. The van der Waals surface area contributed by atoms with E-state index in [0.717, 1.165) is 19.3 Å². The summed E-state index contributed by atoms with van der Waals surface area (Å²) < 4.78 is 0. The topological polar surface area (TPSA) is 80.9 Å². The second-order valence-electron chi connectivity index (χ2n) is 5.57. The van der Waals surface area contributed by atoms with Gasteiger partial charge in [0.05, 0.1) is 13.0 Å². The third-order valence-electron chi connectivity index (χ3n) is 4.10. The molecule has 0 amide bonds. The predicted octanol–water partition coefficient (Wildman–Crippen LogP) is 1.67. The molecule has 3 atom stereocenters. The number of aliphatic carboxylic acids is 1. The number of aromatic nitrogens is 4. The van der Waals surface area contributed by atoms with E-state index >= 15 is 0 Å². The summed E-state index contributed by atoms with van der Waals surface area (Å²) in [6, 6.07) is 0. The molecule has 6 heteroatoms. The number of hydrogen-bond acceptors (Lipinski definition) is 4. The molecule has 0 bridgehead atoms. The van der Waals surface area contributed by atoms with Gasteiger partial charge < -0.3 is 5.11 Å². The molecule has 0 aliphatic heterocycles. The lowest BCUT2D eigenvalue weighted by Crippen LogP contribution is -2.32. The third-order valence-corrected chi connectivity index (χ3v) is 4.10. The molecule has 106 valence electrons. The highest BCUT2D eigenvalue weighted by atomic mass is 16.4. The highest BCUT2D eigenvalue weighted by Crippen LogP contribution is 2.37. The highest BCUT2D eigenvalue weighted by Gasteiger charge is 2.35. The fourth-order valence-corrected chi connectivity index (χ4v) is 3.22. The van der Waals surface area contributed by atoms with E-state index in [1.807, 2.05) is 0 Å². The molecule has 1 N–H and O–H groups in total. The normalized spacial score (nSPS) is 27.4. The Bertz CT molecular complexity index is 432. The molecular formula is C13H22N4O2. The van der Waals surface area contributed by atoms with Gasteiger partial charge in [0.15, 0.2) is 5.82 Å². The van der Waals surface area contributed by atoms with Crippen molar-refractivity contribution in [3.8, 4) is 0 Å². The molecule has 1 aliphatic carbocycles. The molecule has 1 heterocycles. The zero-order chi connectivity index (χ0) is 13.8. The van der Waals surface area contributed by atoms with Gasteiger partial charge in [0.1, 0.15) is 0 Å². The first kappa shape index (κ1) is 14.0. The zero-order valence-corrected chi connectivity index (χ0v) is 11.6. The fourth-order valence-electron chi connectivity index (χ4n) is 3.22. The van der Waals surface area contributed by atoms with Gasteiger partial charge in [-0.2, -0.15) is 4.80 Å². The van der Waals surface area contributed by atoms with Gasteiger partial charge in [-0.1, -0.05) is 19.8 Å². The smallest absolute Gasteiger partial charge is 0.306 e. The molecule has 19 heavy (non-hydrogen) atoms. The van der Waals surface area contributed by atoms with Crippen LogP contribution in [0.25, 0.3) is 0 Å². The molecule has 6 nitrogen and oxygen atoms in total. The summed E-state index contributed by atoms with van der Waals surface area (Å²) in [6.45, 7) is 2.18. The van der Waals surface area contributed by atoms with Crippen LogP contribution in [0.15, 0.2) is 0 Å². The van der Waals surface area contributed by atoms with Crippen LogP contribution < -0.4 is 0 Å². The SMILES string of the molecule is CCCC1CCC(C(=O)O)C(Cc2nnn(C)n2)C1. The largest absolute Gasteiger partial charge is 0.481 e. The maximum atomic E-state index is 11.4. The number of aryl methyl sites for hydroxylation is 1. The van der Waals surface area contributed by atoms with Crippen LogP contribution in [0.2, 0.25) is 0 Å². The van der Waals surface area contributed by atoms with E-state index in [-0.39, 0.29) is 11.8 Å². The first-order valence-corrected chi connectivity index (χ1v) is 7.05. The van der Waals surface area contributed by atoms with E-state index < -0.39 is 5.97 Å². The van der Waals surface area contributed by atoms with Gasteiger partial charge in [-0.25, -0.2) is 0 Å². The van der Waals surface area contributed by atoms with Crippen molar-refractivity contribution in [1.82, 2.24) is 20.2 Å². The lowest BCUT2D eigenvalue weighted by Gasteiger charge is -2.33. The minimum atomic E-state index is -0.677. The fraction of sp³-hybridized carbons (Fsp3) is 0.846. The molecular weight excluding hydrogens is 244 g/mol. The van der Waals surface area contributed by atoms with E-state index in [9.17, 15) is 9.90 Å². The van der Waals surface area contributed by atoms with Gasteiger partial charge in [0.25, 0.3) is 0 Å². The van der Waals surface area contributed by atoms with Gasteiger partial charge in [-0.15, -0.1) is 10.2 Å². The average Bonchev–Trinajstić information content (AvgIpc) is 2.75. The first-order chi connectivity index (χ1) is 9.10. The van der Waals surface area contributed by atoms with E-state index in [1.54, 1.807) is 7.05 Å². The molecule has 1 aromatic rings. The van der Waals surface area contributed by atoms with Gasteiger partial charge in [-0.3, -0.25) is 4.79 Å². The number of hydrogen-bond donors (Lipinski definition) is 1. The Kier molecular flexibility index (Phi) is 4.50. The number of rotatable bonds is 5. The molecule has 0 spiro atoms. The molecule has 1 fully saturated rings. The Morgan fingerprint density at radius 2 is 2.26 bits per heavy atom. The predicted molar refractivity (Wildman–Crippen MR) is 69.4 cm³/mol. The summed E-state index contributed by atoms with van der Waals surface area (Å²) >= 11 is 0. The zero-order valence-electron chi connectivity index (χ0n) is 11.6. The van der Waals surface area contributed by atoms with Crippen molar-refractivity contribution in [2.24, 2.45) is 24.8 Å². The van der Waals surface area contributed by atoms with Gasteiger partial charge in [0, 0.05) is 6.42 Å². The molecule has 3 unspecified atom stereocenters. The second-order valence-corrected chi connectivity index (χ2v) is 5.57. The van der Waals surface area contributed by atoms with E-state index in [1.165, 1.54) is 17.6 Å². The van der Waals surface area contributed by atoms with Crippen molar-refractivity contribution in [2.75, 3.05) is 0 Å². The molecule has 0 saturated heterocycles. The molecule has 2 rings (SSSR count). The lowest BCUT2D eigenvalue weighted by molar-refractivity contribution is -0.145. The number of tetrazole rings is 1. The lowest BCUT2D eigenvalue weighted by atomic mass is 9.71. The maximum Gasteiger partial charge on any atom is 0.306 e. The van der Waals surface area contributed by atoms with Crippen LogP contribution in [0.4, 0.5) is 0 Å². The van der Waals surface area contributed by atoms with Crippen LogP contribution in [0.5, 0.6) is 0 Å². The monoisotopic (exact) mass is 266 g/mol. The average molecular weight is 266 g/mol. The van der Waals surface area contributed by atoms with Gasteiger partial charge in [-0.05, 0) is 36.3 Å². The number of carboxylic acids is 1. The van der Waals surface area contributed by atoms with Crippen molar-refractivity contribution < 1.29 is 9.90 Å². The summed E-state index contributed by atoms with van der Waals surface area (Å²) in [5.41, 5.74) is 0. The molecule has 1 aliphatic rings. The molecule has 0 radical (unpaired) electrons. The van der Waals surface area contributed by atoms with Crippen LogP contribution in [0, 0.1) is 17.8 Å². The van der Waals surface area contributed by atoms with Crippen molar-refractivity contribution in [2.45, 2.75) is 45.4 Å². The van der Waals surface area contributed by atoms with Crippen LogP contribution in [-0.2, 0) is 18.3 Å². The summed E-state index contributed by atoms with van der Waals surface area (Å²) in [5.74, 6) is 0.533. The van der Waals surface area contributed by atoms with E-state index in [2.05, 4.69) is 22.3 Å². The van der Waals surface area contributed by atoms with E-state index in [4.69, 9.17) is 0 Å². The van der Waals surface area contributed by atoms with Gasteiger partial charge >= 0.3 is 5.97 Å². The molecule has 1 saturated carbocycles. The highest BCUT2D eigenvalue weighted by molar-refractivity contribution is 5.70. The number of carboxylic acid groups (broad SMARTS) is 1. The van der Waals surface area contributed by atoms with Crippen LogP contribution in [-0.4, -0.2) is 31.3 Å². The quantitative estimate of drug-likeness (QED) is 0.876. The summed E-state index contributed by atoms with van der Waals surface area (Å²) in [6.07, 6.45) is 5.78. The summed E-state index contributed by atoms with van der Waals surface area (Å²) in [7, 11) is 1.73. The van der Waals surface area contributed by atoms with Crippen LogP contribution >= 0.6 is 0 Å². The standard InChI is InChI=1S/C13H22N4O2/c1-3-4-9-5-6-11(13(18)19)10(7-9)8-12-14-16-17(2)15-12/h9-11H,3-8H2,1-2H3,(H,18,19). The third kappa shape index (κ3) is 3.52. The van der Waals surface area contributed by atoms with Crippen LogP contribution in [0.3, 0.4) is 0 Å². The number of nitrogens with zero attached hydrogens (tertiary/aromatic N) is 4. The Morgan fingerprint density at radius 1 is 1.47 bits per heavy atom. The van der Waals surface area contributed by atoms with E-state index in [0.29, 0.717) is 18.2 Å².